The Morgan fingerprint density at radius 2 is 1.71 bits per heavy atom. The lowest BCUT2D eigenvalue weighted by atomic mass is 10.1. The highest BCUT2D eigenvalue weighted by molar-refractivity contribution is 7.71. The SMILES string of the molecule is Cc1cc(-c2cc(F)c(F)c(F)c2)nc(=S)[nH]1. The van der Waals surface area contributed by atoms with E-state index in [-0.39, 0.29) is 10.3 Å². The summed E-state index contributed by atoms with van der Waals surface area (Å²) in [5.74, 6) is -4.00. The molecule has 17 heavy (non-hydrogen) atoms. The van der Waals surface area contributed by atoms with E-state index in [0.717, 1.165) is 12.1 Å². The van der Waals surface area contributed by atoms with Gasteiger partial charge in [0.25, 0.3) is 0 Å². The van der Waals surface area contributed by atoms with Crippen LogP contribution in [-0.4, -0.2) is 9.97 Å². The van der Waals surface area contributed by atoms with Gasteiger partial charge in [0.05, 0.1) is 5.69 Å². The van der Waals surface area contributed by atoms with Crippen molar-refractivity contribution in [3.8, 4) is 11.3 Å². The van der Waals surface area contributed by atoms with Gasteiger partial charge in [-0.25, -0.2) is 18.2 Å². The third-order valence-electron chi connectivity index (χ3n) is 2.16. The van der Waals surface area contributed by atoms with Crippen LogP contribution in [-0.2, 0) is 0 Å². The summed E-state index contributed by atoms with van der Waals surface area (Å²) in [5, 5.41) is 0. The number of nitrogens with one attached hydrogen (secondary N) is 1. The van der Waals surface area contributed by atoms with Crippen molar-refractivity contribution in [1.29, 1.82) is 0 Å². The number of benzene rings is 1. The van der Waals surface area contributed by atoms with Crippen LogP contribution in [0.2, 0.25) is 0 Å². The van der Waals surface area contributed by atoms with Gasteiger partial charge in [-0.2, -0.15) is 0 Å². The molecule has 0 amide bonds. The van der Waals surface area contributed by atoms with Crippen molar-refractivity contribution < 1.29 is 13.2 Å². The quantitative estimate of drug-likeness (QED) is 0.624. The van der Waals surface area contributed by atoms with E-state index in [1.807, 2.05) is 0 Å². The lowest BCUT2D eigenvalue weighted by molar-refractivity contribution is 0.447. The van der Waals surface area contributed by atoms with Crippen LogP contribution in [0.1, 0.15) is 5.69 Å². The molecule has 1 aromatic carbocycles. The molecule has 0 aliphatic carbocycles. The Balaban J connectivity index is 2.64. The fourth-order valence-corrected chi connectivity index (χ4v) is 1.69. The molecule has 0 bridgehead atoms. The van der Waals surface area contributed by atoms with Crippen LogP contribution >= 0.6 is 12.2 Å². The zero-order chi connectivity index (χ0) is 12.6. The molecule has 1 aromatic heterocycles. The first-order valence-electron chi connectivity index (χ1n) is 4.70. The third-order valence-corrected chi connectivity index (χ3v) is 2.35. The molecular formula is C11H7F3N2S. The van der Waals surface area contributed by atoms with Crippen LogP contribution < -0.4 is 0 Å². The number of hydrogen-bond donors (Lipinski definition) is 1. The lowest BCUT2D eigenvalue weighted by Gasteiger charge is -2.04. The topological polar surface area (TPSA) is 28.7 Å². The Morgan fingerprint density at radius 3 is 2.24 bits per heavy atom. The summed E-state index contributed by atoms with van der Waals surface area (Å²) >= 11 is 4.85. The van der Waals surface area contributed by atoms with Crippen LogP contribution in [0.25, 0.3) is 11.3 Å². The summed E-state index contributed by atoms with van der Waals surface area (Å²) in [4.78, 5) is 6.68. The van der Waals surface area contributed by atoms with Crippen LogP contribution in [0.15, 0.2) is 18.2 Å². The Kier molecular flexibility index (Phi) is 2.97. The van der Waals surface area contributed by atoms with Gasteiger partial charge >= 0.3 is 0 Å². The van der Waals surface area contributed by atoms with E-state index in [0.29, 0.717) is 11.4 Å². The van der Waals surface area contributed by atoms with Crippen molar-refractivity contribution in [2.45, 2.75) is 6.92 Å². The van der Waals surface area contributed by atoms with Gasteiger partial charge in [0.15, 0.2) is 22.2 Å². The van der Waals surface area contributed by atoms with E-state index in [4.69, 9.17) is 12.2 Å². The predicted octanol–water partition coefficient (Wildman–Crippen LogP) is 3.53. The second-order valence-electron chi connectivity index (χ2n) is 3.51. The Bertz CT molecular complexity index is 614. The highest BCUT2D eigenvalue weighted by Crippen LogP contribution is 2.22. The van der Waals surface area contributed by atoms with E-state index < -0.39 is 17.5 Å². The zero-order valence-corrected chi connectivity index (χ0v) is 9.54. The van der Waals surface area contributed by atoms with Gasteiger partial charge in [-0.3, -0.25) is 0 Å². The second-order valence-corrected chi connectivity index (χ2v) is 3.90. The lowest BCUT2D eigenvalue weighted by Crippen LogP contribution is -1.95. The molecule has 0 saturated heterocycles. The van der Waals surface area contributed by atoms with E-state index >= 15 is 0 Å². The highest BCUT2D eigenvalue weighted by atomic mass is 32.1. The van der Waals surface area contributed by atoms with E-state index in [1.165, 1.54) is 0 Å². The average Bonchev–Trinajstić information content (AvgIpc) is 2.23. The summed E-state index contributed by atoms with van der Waals surface area (Å²) < 4.78 is 39.1. The number of aromatic nitrogens is 2. The normalized spacial score (nSPS) is 10.6. The molecule has 0 atom stereocenters. The summed E-state index contributed by atoms with van der Waals surface area (Å²) in [5.41, 5.74) is 1.14. The molecule has 0 saturated carbocycles. The smallest absolute Gasteiger partial charge is 0.197 e. The van der Waals surface area contributed by atoms with Gasteiger partial charge in [0.2, 0.25) is 0 Å². The van der Waals surface area contributed by atoms with Crippen LogP contribution in [0, 0.1) is 29.1 Å². The summed E-state index contributed by atoms with van der Waals surface area (Å²) in [6.07, 6.45) is 0. The maximum atomic E-state index is 13.1. The van der Waals surface area contributed by atoms with Crippen molar-refractivity contribution in [2.75, 3.05) is 0 Å². The van der Waals surface area contributed by atoms with Gasteiger partial charge in [-0.1, -0.05) is 0 Å². The van der Waals surface area contributed by atoms with Gasteiger partial charge in [0.1, 0.15) is 0 Å². The highest BCUT2D eigenvalue weighted by Gasteiger charge is 2.12. The van der Waals surface area contributed by atoms with Crippen LogP contribution in [0.3, 0.4) is 0 Å². The maximum absolute atomic E-state index is 13.1. The van der Waals surface area contributed by atoms with E-state index in [9.17, 15) is 13.2 Å². The fraction of sp³-hybridized carbons (Fsp3) is 0.0909. The molecule has 0 aliphatic rings. The molecule has 2 nitrogen and oxygen atoms in total. The summed E-state index contributed by atoms with van der Waals surface area (Å²) in [6.45, 7) is 1.73. The third kappa shape index (κ3) is 2.36. The molecule has 2 rings (SSSR count). The number of aromatic amines is 1. The molecule has 1 heterocycles. The van der Waals surface area contributed by atoms with Crippen molar-refractivity contribution >= 4 is 12.2 Å². The number of hydrogen-bond acceptors (Lipinski definition) is 2. The minimum atomic E-state index is -1.49. The summed E-state index contributed by atoms with van der Waals surface area (Å²) in [6, 6.07) is 3.34. The number of halogens is 3. The zero-order valence-electron chi connectivity index (χ0n) is 8.72. The monoisotopic (exact) mass is 256 g/mol. The molecule has 0 unspecified atom stereocenters. The number of nitrogens with zero attached hydrogens (tertiary/aromatic N) is 1. The van der Waals surface area contributed by atoms with Gasteiger partial charge in [-0.15, -0.1) is 0 Å². The first kappa shape index (κ1) is 11.8. The fourth-order valence-electron chi connectivity index (χ4n) is 1.43. The van der Waals surface area contributed by atoms with E-state index in [1.54, 1.807) is 13.0 Å². The molecule has 0 radical (unpaired) electrons. The standard InChI is InChI=1S/C11H7F3N2S/c1-5-2-9(16-11(17)15-5)6-3-7(12)10(14)8(13)4-6/h2-4H,1H3,(H,15,16,17). The van der Waals surface area contributed by atoms with Crippen molar-refractivity contribution in [3.05, 3.63) is 46.1 Å². The average molecular weight is 256 g/mol. The van der Waals surface area contributed by atoms with Crippen molar-refractivity contribution in [2.24, 2.45) is 0 Å². The van der Waals surface area contributed by atoms with Crippen LogP contribution in [0.5, 0.6) is 0 Å². The second kappa shape index (κ2) is 4.29. The largest absolute Gasteiger partial charge is 0.335 e. The van der Waals surface area contributed by atoms with Crippen LogP contribution in [0.4, 0.5) is 13.2 Å². The molecule has 6 heteroatoms. The van der Waals surface area contributed by atoms with Crippen molar-refractivity contribution in [3.63, 3.8) is 0 Å². The molecular weight excluding hydrogens is 249 g/mol. The minimum absolute atomic E-state index is 0.143. The molecule has 88 valence electrons. The minimum Gasteiger partial charge on any atom is -0.335 e. The molecule has 1 N–H and O–H groups in total. The summed E-state index contributed by atoms with van der Waals surface area (Å²) in [7, 11) is 0. The number of H-pyrrole nitrogens is 1. The van der Waals surface area contributed by atoms with Crippen molar-refractivity contribution in [1.82, 2.24) is 9.97 Å². The van der Waals surface area contributed by atoms with Gasteiger partial charge < -0.3 is 4.98 Å². The Hall–Kier alpha value is -1.69. The van der Waals surface area contributed by atoms with E-state index in [2.05, 4.69) is 9.97 Å². The molecule has 0 aliphatic heterocycles. The predicted molar refractivity (Wildman–Crippen MR) is 59.5 cm³/mol. The maximum Gasteiger partial charge on any atom is 0.197 e. The molecule has 0 fully saturated rings. The Morgan fingerprint density at radius 1 is 1.12 bits per heavy atom. The number of rotatable bonds is 1. The Labute approximate surface area is 100 Å². The van der Waals surface area contributed by atoms with Gasteiger partial charge in [0, 0.05) is 11.3 Å². The first-order chi connectivity index (χ1) is 7.97. The molecule has 2 aromatic rings. The number of aryl methyl sites for hydroxylation is 1. The molecule has 0 spiro atoms. The first-order valence-corrected chi connectivity index (χ1v) is 5.11. The van der Waals surface area contributed by atoms with Gasteiger partial charge in [-0.05, 0) is 37.3 Å².